The lowest BCUT2D eigenvalue weighted by atomic mass is 10.0. The highest BCUT2D eigenvalue weighted by Crippen LogP contribution is 2.36. The molecule has 3 aromatic heterocycles. The molecule has 0 aliphatic carbocycles. The summed E-state index contributed by atoms with van der Waals surface area (Å²) < 4.78 is 4.75. The number of ether oxygens (including phenoxy) is 1. The fraction of sp³-hybridized carbons (Fsp3) is 0.447. The Labute approximate surface area is 301 Å². The Morgan fingerprint density at radius 3 is 2.08 bits per heavy atom. The summed E-state index contributed by atoms with van der Waals surface area (Å²) in [6, 6.07) is 10.3. The van der Waals surface area contributed by atoms with Gasteiger partial charge in [0.25, 0.3) is 0 Å². The van der Waals surface area contributed by atoms with Gasteiger partial charge in [-0.15, -0.1) is 0 Å². The molecule has 2 saturated heterocycles. The number of imidazole rings is 2. The summed E-state index contributed by atoms with van der Waals surface area (Å²) in [5.41, 5.74) is 4.93. The van der Waals surface area contributed by atoms with E-state index in [0.29, 0.717) is 47.2 Å². The molecule has 14 heteroatoms. The first kappa shape index (κ1) is 34.9. The van der Waals surface area contributed by atoms with E-state index in [1.807, 2.05) is 55.1 Å². The Balaban J connectivity index is 1.10. The van der Waals surface area contributed by atoms with E-state index in [4.69, 9.17) is 14.7 Å². The fourth-order valence-electron chi connectivity index (χ4n) is 7.40. The summed E-state index contributed by atoms with van der Waals surface area (Å²) in [7, 11) is 1.28. The topological polar surface area (TPSA) is 182 Å². The maximum absolute atomic E-state index is 13.6. The minimum atomic E-state index is -0.718. The van der Waals surface area contributed by atoms with Gasteiger partial charge in [-0.05, 0) is 73.4 Å². The van der Waals surface area contributed by atoms with Crippen LogP contribution in [-0.2, 0) is 14.3 Å². The van der Waals surface area contributed by atoms with Gasteiger partial charge in [-0.1, -0.05) is 33.8 Å². The van der Waals surface area contributed by atoms with E-state index >= 15 is 0 Å². The first-order valence-electron chi connectivity index (χ1n) is 18.0. The van der Waals surface area contributed by atoms with E-state index in [0.717, 1.165) is 60.2 Å². The lowest BCUT2D eigenvalue weighted by molar-refractivity contribution is -0.135. The molecule has 0 saturated carbocycles. The number of hydrogen-bond acceptors (Lipinski definition) is 9. The molecular weight excluding hydrogens is 662 g/mol. The van der Waals surface area contributed by atoms with Crippen molar-refractivity contribution in [3.8, 4) is 28.4 Å². The summed E-state index contributed by atoms with van der Waals surface area (Å²) in [6.45, 7) is 9.18. The average Bonchev–Trinajstić information content (AvgIpc) is 3.94. The molecule has 3 atom stereocenters. The number of likely N-dealkylation sites (tertiary alicyclic amines) is 2. The SMILES string of the molecule is COC(=O)N[C@H](C(=O)N1CCC[C@H]1c1nc2cc(-c3ncc(-c4ccc5[nH]c([C@@H]6CCCN6C(=O)CC(C)C)nc5c4)c(O)n3)ccc2[nH]1)C(C)C. The summed E-state index contributed by atoms with van der Waals surface area (Å²) in [5.74, 6) is 1.77. The molecule has 2 fully saturated rings. The van der Waals surface area contributed by atoms with Gasteiger partial charge in [0.05, 0.1) is 46.8 Å². The third kappa shape index (κ3) is 6.76. The number of aromatic amines is 2. The molecule has 0 radical (unpaired) electrons. The lowest BCUT2D eigenvalue weighted by Crippen LogP contribution is -2.51. The molecular formula is C38H45N9O5. The summed E-state index contributed by atoms with van der Waals surface area (Å²) >= 11 is 0. The Kier molecular flexibility index (Phi) is 9.56. The maximum atomic E-state index is 13.6. The summed E-state index contributed by atoms with van der Waals surface area (Å²) in [4.78, 5) is 67.7. The van der Waals surface area contributed by atoms with Crippen LogP contribution in [0.15, 0.2) is 42.6 Å². The maximum Gasteiger partial charge on any atom is 0.407 e. The van der Waals surface area contributed by atoms with Crippen LogP contribution in [0.5, 0.6) is 5.88 Å². The van der Waals surface area contributed by atoms with Crippen LogP contribution in [0, 0.1) is 11.8 Å². The van der Waals surface area contributed by atoms with Crippen LogP contribution in [0.3, 0.4) is 0 Å². The monoisotopic (exact) mass is 707 g/mol. The van der Waals surface area contributed by atoms with Crippen LogP contribution in [0.25, 0.3) is 44.6 Å². The third-order valence-electron chi connectivity index (χ3n) is 10.1. The minimum Gasteiger partial charge on any atom is -0.493 e. The highest BCUT2D eigenvalue weighted by atomic mass is 16.5. The molecule has 3 amide bonds. The van der Waals surface area contributed by atoms with Crippen molar-refractivity contribution in [3.63, 3.8) is 0 Å². The lowest BCUT2D eigenvalue weighted by Gasteiger charge is -2.29. The van der Waals surface area contributed by atoms with Crippen molar-refractivity contribution < 1.29 is 24.2 Å². The van der Waals surface area contributed by atoms with Crippen molar-refractivity contribution in [2.45, 2.75) is 77.9 Å². The van der Waals surface area contributed by atoms with Crippen molar-refractivity contribution in [1.82, 2.24) is 45.0 Å². The molecule has 272 valence electrons. The van der Waals surface area contributed by atoms with Gasteiger partial charge in [-0.25, -0.2) is 19.7 Å². The van der Waals surface area contributed by atoms with E-state index < -0.39 is 12.1 Å². The van der Waals surface area contributed by atoms with Gasteiger partial charge in [0, 0.05) is 31.3 Å². The molecule has 14 nitrogen and oxygen atoms in total. The molecule has 7 rings (SSSR count). The number of nitrogens with one attached hydrogen (secondary N) is 3. The van der Waals surface area contributed by atoms with Crippen molar-refractivity contribution in [2.75, 3.05) is 20.2 Å². The number of nitrogens with zero attached hydrogens (tertiary/aromatic N) is 6. The van der Waals surface area contributed by atoms with Crippen LogP contribution in [0.4, 0.5) is 4.79 Å². The number of hydrogen-bond donors (Lipinski definition) is 4. The van der Waals surface area contributed by atoms with E-state index in [1.165, 1.54) is 7.11 Å². The molecule has 0 bridgehead atoms. The normalized spacial score (nSPS) is 18.2. The highest BCUT2D eigenvalue weighted by Gasteiger charge is 2.38. The first-order chi connectivity index (χ1) is 25.0. The van der Waals surface area contributed by atoms with Gasteiger partial charge >= 0.3 is 6.09 Å². The largest absolute Gasteiger partial charge is 0.493 e. The van der Waals surface area contributed by atoms with E-state index in [-0.39, 0.29) is 35.7 Å². The molecule has 5 aromatic rings. The van der Waals surface area contributed by atoms with Gasteiger partial charge in [0.15, 0.2) is 5.82 Å². The van der Waals surface area contributed by atoms with E-state index in [2.05, 4.69) is 39.1 Å². The first-order valence-corrected chi connectivity index (χ1v) is 18.0. The molecule has 0 spiro atoms. The second-order valence-corrected chi connectivity index (χ2v) is 14.5. The summed E-state index contributed by atoms with van der Waals surface area (Å²) in [6.07, 6.45) is 4.84. The van der Waals surface area contributed by atoms with Crippen molar-refractivity contribution >= 4 is 40.0 Å². The zero-order valence-corrected chi connectivity index (χ0v) is 30.1. The van der Waals surface area contributed by atoms with Gasteiger partial charge in [0.1, 0.15) is 17.7 Å². The number of benzene rings is 2. The van der Waals surface area contributed by atoms with Crippen LogP contribution >= 0.6 is 0 Å². The van der Waals surface area contributed by atoms with E-state index in [1.54, 1.807) is 11.1 Å². The number of fused-ring (bicyclic) bond motifs is 2. The highest BCUT2D eigenvalue weighted by molar-refractivity contribution is 5.87. The standard InChI is InChI=1S/C38H45N9O5/c1-20(2)16-31(48)46-14-6-8-29(46)34-40-25-12-10-22(17-27(25)42-34)24-19-39-33(45-36(24)49)23-11-13-26-28(18-23)43-35(41-26)30-9-7-15-47(30)37(50)32(21(3)4)44-38(51)52-5/h10-13,17-21,29-30,32H,6-9,14-16H2,1-5H3,(H,40,42)(H,41,43)(H,44,51)(H,39,45,49)/t29-,30-,32-/m0/s1. The van der Waals surface area contributed by atoms with Gasteiger partial charge in [0.2, 0.25) is 17.7 Å². The number of aromatic hydroxyl groups is 1. The molecule has 52 heavy (non-hydrogen) atoms. The minimum absolute atomic E-state index is 0.0757. The molecule has 2 aliphatic heterocycles. The number of carbonyl (C=O) groups excluding carboxylic acids is 3. The van der Waals surface area contributed by atoms with Crippen LogP contribution in [0.2, 0.25) is 0 Å². The number of rotatable bonds is 9. The Hall–Kier alpha value is -5.53. The predicted octanol–water partition coefficient (Wildman–Crippen LogP) is 6.02. The number of carbonyl (C=O) groups is 3. The summed E-state index contributed by atoms with van der Waals surface area (Å²) in [5, 5.41) is 13.8. The van der Waals surface area contributed by atoms with Crippen molar-refractivity contribution in [3.05, 3.63) is 54.2 Å². The molecule has 2 aromatic carbocycles. The quantitative estimate of drug-likeness (QED) is 0.142. The molecule has 4 N–H and O–H groups in total. The van der Waals surface area contributed by atoms with Gasteiger partial charge in [-0.3, -0.25) is 9.59 Å². The van der Waals surface area contributed by atoms with Crippen LogP contribution in [0.1, 0.15) is 83.5 Å². The second-order valence-electron chi connectivity index (χ2n) is 14.5. The van der Waals surface area contributed by atoms with E-state index in [9.17, 15) is 19.5 Å². The number of amides is 3. The van der Waals surface area contributed by atoms with Crippen LogP contribution < -0.4 is 5.32 Å². The number of methoxy groups -OCH3 is 1. The van der Waals surface area contributed by atoms with Gasteiger partial charge < -0.3 is 34.9 Å². The molecule has 5 heterocycles. The van der Waals surface area contributed by atoms with Gasteiger partial charge in [-0.2, -0.15) is 4.98 Å². The second kappa shape index (κ2) is 14.2. The number of alkyl carbamates (subject to hydrolysis) is 1. The Morgan fingerprint density at radius 1 is 0.885 bits per heavy atom. The zero-order valence-electron chi connectivity index (χ0n) is 30.1. The molecule has 2 aliphatic rings. The Bertz CT molecular complexity index is 2140. The predicted molar refractivity (Wildman–Crippen MR) is 195 cm³/mol. The number of aromatic nitrogens is 6. The fourth-order valence-corrected chi connectivity index (χ4v) is 7.40. The van der Waals surface area contributed by atoms with Crippen molar-refractivity contribution in [2.24, 2.45) is 11.8 Å². The Morgan fingerprint density at radius 2 is 1.48 bits per heavy atom. The smallest absolute Gasteiger partial charge is 0.407 e. The molecule has 0 unspecified atom stereocenters. The van der Waals surface area contributed by atoms with Crippen LogP contribution in [-0.4, -0.2) is 89.0 Å². The average molecular weight is 708 g/mol. The van der Waals surface area contributed by atoms with Crippen molar-refractivity contribution in [1.29, 1.82) is 0 Å². The third-order valence-corrected chi connectivity index (χ3v) is 10.1. The number of H-pyrrole nitrogens is 2. The zero-order chi connectivity index (χ0) is 36.7.